The molecule has 1 aromatic carbocycles. The van der Waals surface area contributed by atoms with Gasteiger partial charge in [0.2, 0.25) is 0 Å². The molecule has 0 heterocycles. The summed E-state index contributed by atoms with van der Waals surface area (Å²) in [7, 11) is 7.04. The third-order valence-electron chi connectivity index (χ3n) is 2.72. The Hall–Kier alpha value is -0.510. The van der Waals surface area contributed by atoms with Gasteiger partial charge in [0.05, 0.1) is 33.4 Å². The maximum Gasteiger partial charge on any atom is 0.136 e. The molecule has 4 nitrogen and oxygen atoms in total. The third-order valence-corrected chi connectivity index (χ3v) is 7.02. The van der Waals surface area contributed by atoms with Crippen LogP contribution in [0.3, 0.4) is 0 Å². The van der Waals surface area contributed by atoms with Crippen LogP contribution in [0.15, 0.2) is 12.1 Å². The van der Waals surface area contributed by atoms with Gasteiger partial charge in [0.1, 0.15) is 17.2 Å². The van der Waals surface area contributed by atoms with Crippen molar-refractivity contribution in [3.63, 3.8) is 0 Å². The van der Waals surface area contributed by atoms with E-state index in [0.717, 1.165) is 35.5 Å². The first-order valence-corrected chi connectivity index (χ1v) is 9.37. The number of methoxy groups -OCH3 is 3. The van der Waals surface area contributed by atoms with Gasteiger partial charge in [0, 0.05) is 18.7 Å². The van der Waals surface area contributed by atoms with Crippen LogP contribution in [-0.2, 0) is 0 Å². The summed E-state index contributed by atoms with van der Waals surface area (Å²) in [5, 5.41) is 1.04. The van der Waals surface area contributed by atoms with Crippen molar-refractivity contribution < 1.29 is 14.2 Å². The van der Waals surface area contributed by atoms with E-state index in [1.54, 1.807) is 21.3 Å². The zero-order valence-electron chi connectivity index (χ0n) is 12.1. The van der Waals surface area contributed by atoms with Gasteiger partial charge in [0.25, 0.3) is 0 Å². The molecule has 1 rings (SSSR count). The number of rotatable bonds is 7. The number of hydrogen-bond donors (Lipinski definition) is 0. The van der Waals surface area contributed by atoms with E-state index in [-0.39, 0.29) is 0 Å². The van der Waals surface area contributed by atoms with Crippen molar-refractivity contribution in [2.45, 2.75) is 13.3 Å². The number of hydrogen-bond acceptors (Lipinski definition) is 4. The van der Waals surface area contributed by atoms with Crippen molar-refractivity contribution in [3.05, 3.63) is 12.1 Å². The lowest BCUT2D eigenvalue weighted by Gasteiger charge is -2.25. The molecule has 0 amide bonds. The molecule has 0 radical (unpaired) electrons. The normalized spacial score (nSPS) is 12.4. The van der Waals surface area contributed by atoms with Gasteiger partial charge in [-0.1, -0.05) is 6.92 Å². The van der Waals surface area contributed by atoms with Crippen LogP contribution < -0.4 is 19.5 Å². The molecule has 108 valence electrons. The van der Waals surface area contributed by atoms with Crippen LogP contribution in [0.2, 0.25) is 0 Å². The van der Waals surface area contributed by atoms with Crippen molar-refractivity contribution in [2.75, 3.05) is 34.9 Å². The topological polar surface area (TPSA) is 30.9 Å². The molecule has 0 aromatic heterocycles. The minimum atomic E-state index is -0.673. The fourth-order valence-electron chi connectivity index (χ4n) is 1.75. The molecular formula is C13H21BrNO3P. The second-order valence-electron chi connectivity index (χ2n) is 4.02. The van der Waals surface area contributed by atoms with Gasteiger partial charge >= 0.3 is 0 Å². The van der Waals surface area contributed by atoms with Crippen LogP contribution in [0.1, 0.15) is 13.3 Å². The van der Waals surface area contributed by atoms with E-state index < -0.39 is 6.77 Å². The van der Waals surface area contributed by atoms with Gasteiger partial charge in [-0.05, 0) is 29.0 Å². The first kappa shape index (κ1) is 16.5. The second-order valence-corrected chi connectivity index (χ2v) is 7.69. The van der Waals surface area contributed by atoms with Crippen LogP contribution in [-0.4, -0.2) is 39.6 Å². The molecule has 0 aliphatic heterocycles. The zero-order chi connectivity index (χ0) is 14.4. The van der Waals surface area contributed by atoms with Gasteiger partial charge in [-0.3, -0.25) is 4.67 Å². The Morgan fingerprint density at radius 2 is 1.63 bits per heavy atom. The lowest BCUT2D eigenvalue weighted by Crippen LogP contribution is -2.19. The molecule has 0 saturated carbocycles. The summed E-state index contributed by atoms with van der Waals surface area (Å²) in [5.41, 5.74) is 0. The summed E-state index contributed by atoms with van der Waals surface area (Å²) >= 11 is 3.77. The molecule has 0 aliphatic carbocycles. The van der Waals surface area contributed by atoms with Crippen molar-refractivity contribution in [3.8, 4) is 17.2 Å². The molecule has 1 atom stereocenters. The summed E-state index contributed by atoms with van der Waals surface area (Å²) in [6.07, 6.45) is 1.10. The molecule has 1 aromatic rings. The van der Waals surface area contributed by atoms with Crippen LogP contribution in [0.5, 0.6) is 17.2 Å². The largest absolute Gasteiger partial charge is 0.496 e. The SMILES string of the molecule is CCCN(C)P(Br)c1c(OC)cc(OC)cc1OC. The van der Waals surface area contributed by atoms with E-state index in [0.29, 0.717) is 0 Å². The van der Waals surface area contributed by atoms with Crippen LogP contribution in [0, 0.1) is 0 Å². The lowest BCUT2D eigenvalue weighted by atomic mass is 10.3. The lowest BCUT2D eigenvalue weighted by molar-refractivity contribution is 0.379. The highest BCUT2D eigenvalue weighted by molar-refractivity contribution is 9.39. The van der Waals surface area contributed by atoms with Crippen LogP contribution >= 0.6 is 22.3 Å². The van der Waals surface area contributed by atoms with Crippen molar-refractivity contribution in [1.29, 1.82) is 0 Å². The van der Waals surface area contributed by atoms with Crippen LogP contribution in [0.4, 0.5) is 0 Å². The van der Waals surface area contributed by atoms with E-state index in [9.17, 15) is 0 Å². The Kier molecular flexibility index (Phi) is 6.90. The maximum absolute atomic E-state index is 5.48. The highest BCUT2D eigenvalue weighted by Crippen LogP contribution is 2.51. The number of benzene rings is 1. The average molecular weight is 350 g/mol. The van der Waals surface area contributed by atoms with Gasteiger partial charge in [-0.2, -0.15) is 0 Å². The standard InChI is InChI=1S/C13H21BrNO3P/c1-6-7-15(2)19(14)13-11(17-4)8-10(16-3)9-12(13)18-5/h8-9H,6-7H2,1-5H3. The molecular weight excluding hydrogens is 329 g/mol. The van der Waals surface area contributed by atoms with Crippen LogP contribution in [0.25, 0.3) is 0 Å². The predicted octanol–water partition coefficient (Wildman–Crippen LogP) is 3.39. The second kappa shape index (κ2) is 7.93. The monoisotopic (exact) mass is 349 g/mol. The summed E-state index contributed by atoms with van der Waals surface area (Å²) < 4.78 is 18.5. The predicted molar refractivity (Wildman–Crippen MR) is 84.5 cm³/mol. The minimum Gasteiger partial charge on any atom is -0.496 e. The van der Waals surface area contributed by atoms with E-state index in [1.807, 2.05) is 12.1 Å². The van der Waals surface area contributed by atoms with E-state index >= 15 is 0 Å². The maximum atomic E-state index is 5.48. The Morgan fingerprint density at radius 3 is 2.00 bits per heavy atom. The average Bonchev–Trinajstić information content (AvgIpc) is 2.44. The third kappa shape index (κ3) is 3.98. The zero-order valence-corrected chi connectivity index (χ0v) is 14.5. The Labute approximate surface area is 124 Å². The smallest absolute Gasteiger partial charge is 0.136 e. The Bertz CT molecular complexity index is 392. The van der Waals surface area contributed by atoms with Gasteiger partial charge < -0.3 is 14.2 Å². The van der Waals surface area contributed by atoms with Crippen molar-refractivity contribution in [1.82, 2.24) is 4.67 Å². The molecule has 19 heavy (non-hydrogen) atoms. The summed E-state index contributed by atoms with van der Waals surface area (Å²) in [5.74, 6) is 2.29. The molecule has 0 aliphatic rings. The van der Waals surface area contributed by atoms with Crippen molar-refractivity contribution >= 4 is 27.6 Å². The van der Waals surface area contributed by atoms with E-state index in [4.69, 9.17) is 14.2 Å². The fraction of sp³-hybridized carbons (Fsp3) is 0.538. The number of halogens is 1. The molecule has 0 spiro atoms. The van der Waals surface area contributed by atoms with Gasteiger partial charge in [-0.25, -0.2) is 0 Å². The number of ether oxygens (including phenoxy) is 3. The minimum absolute atomic E-state index is 0.673. The van der Waals surface area contributed by atoms with E-state index in [1.165, 1.54) is 0 Å². The van der Waals surface area contributed by atoms with E-state index in [2.05, 4.69) is 34.1 Å². The fourth-order valence-corrected chi connectivity index (χ4v) is 4.67. The van der Waals surface area contributed by atoms with Crippen molar-refractivity contribution in [2.24, 2.45) is 0 Å². The molecule has 6 heteroatoms. The number of nitrogens with zero attached hydrogens (tertiary/aromatic N) is 1. The molecule has 1 unspecified atom stereocenters. The highest BCUT2D eigenvalue weighted by atomic mass is 79.9. The molecule has 0 saturated heterocycles. The quantitative estimate of drug-likeness (QED) is 0.706. The van der Waals surface area contributed by atoms with Gasteiger partial charge in [0.15, 0.2) is 0 Å². The highest BCUT2D eigenvalue weighted by Gasteiger charge is 2.23. The first-order chi connectivity index (χ1) is 9.08. The summed E-state index contributed by atoms with van der Waals surface area (Å²) in [4.78, 5) is 0. The summed E-state index contributed by atoms with van der Waals surface area (Å²) in [6.45, 7) is 2.50. The molecule has 0 fully saturated rings. The Balaban J connectivity index is 3.23. The molecule has 0 N–H and O–H groups in total. The first-order valence-electron chi connectivity index (χ1n) is 6.06. The molecule has 0 bridgehead atoms. The summed E-state index contributed by atoms with van der Waals surface area (Å²) in [6, 6.07) is 3.77. The Morgan fingerprint density at radius 1 is 1.11 bits per heavy atom. The van der Waals surface area contributed by atoms with Gasteiger partial charge in [-0.15, -0.1) is 0 Å².